The minimum Gasteiger partial charge on any atom is -0.465 e. The monoisotopic (exact) mass is 414 g/mol. The molecular weight excluding hydrogens is 396 g/mol. The summed E-state index contributed by atoms with van der Waals surface area (Å²) in [6, 6.07) is 12.3. The fraction of sp³-hybridized carbons (Fsp3) is 0.190. The second kappa shape index (κ2) is 8.79. The van der Waals surface area contributed by atoms with Gasteiger partial charge in [-0.25, -0.2) is 4.79 Å². The van der Waals surface area contributed by atoms with Crippen LogP contribution in [0, 0.1) is 6.92 Å². The number of benzene rings is 2. The summed E-state index contributed by atoms with van der Waals surface area (Å²) < 4.78 is 11.4. The Kier molecular flexibility index (Phi) is 6.19. The van der Waals surface area contributed by atoms with E-state index in [0.717, 1.165) is 5.56 Å². The van der Waals surface area contributed by atoms with E-state index in [2.05, 4.69) is 5.32 Å². The Morgan fingerprint density at radius 2 is 1.86 bits per heavy atom. The van der Waals surface area contributed by atoms with Crippen molar-refractivity contribution in [1.29, 1.82) is 0 Å². The molecule has 0 saturated heterocycles. The fourth-order valence-electron chi connectivity index (χ4n) is 2.91. The number of anilines is 1. The summed E-state index contributed by atoms with van der Waals surface area (Å²) in [5.41, 5.74) is 2.31. The van der Waals surface area contributed by atoms with Crippen LogP contribution in [0.25, 0.3) is 10.9 Å². The number of hydrogen-bond donors (Lipinski definition) is 1. The smallest absolute Gasteiger partial charge is 0.340 e. The summed E-state index contributed by atoms with van der Waals surface area (Å²) in [6.45, 7) is 1.19. The predicted octanol–water partition coefficient (Wildman–Crippen LogP) is 3.57. The molecule has 0 saturated carbocycles. The zero-order chi connectivity index (χ0) is 21.0. The van der Waals surface area contributed by atoms with Crippen molar-refractivity contribution in [1.82, 2.24) is 4.57 Å². The number of halogens is 1. The van der Waals surface area contributed by atoms with E-state index in [0.29, 0.717) is 27.2 Å². The van der Waals surface area contributed by atoms with Gasteiger partial charge in [0.1, 0.15) is 6.54 Å². The zero-order valence-corrected chi connectivity index (χ0v) is 16.7. The molecule has 0 aliphatic rings. The average molecular weight is 415 g/mol. The Balaban J connectivity index is 1.65. The first-order valence-corrected chi connectivity index (χ1v) is 9.15. The van der Waals surface area contributed by atoms with Crippen molar-refractivity contribution in [3.8, 4) is 0 Å². The van der Waals surface area contributed by atoms with Gasteiger partial charge in [0.15, 0.2) is 6.61 Å². The van der Waals surface area contributed by atoms with Gasteiger partial charge in [0.2, 0.25) is 0 Å². The van der Waals surface area contributed by atoms with E-state index in [1.54, 1.807) is 54.0 Å². The largest absolute Gasteiger partial charge is 0.465 e. The van der Waals surface area contributed by atoms with Crippen LogP contribution in [0.4, 0.5) is 5.69 Å². The summed E-state index contributed by atoms with van der Waals surface area (Å²) in [5, 5.41) is 3.85. The molecule has 1 aromatic heterocycles. The molecule has 1 N–H and O–H groups in total. The fourth-order valence-corrected chi connectivity index (χ4v) is 3.08. The first-order valence-electron chi connectivity index (χ1n) is 8.77. The van der Waals surface area contributed by atoms with Gasteiger partial charge in [-0.1, -0.05) is 35.9 Å². The van der Waals surface area contributed by atoms with E-state index in [-0.39, 0.29) is 6.54 Å². The van der Waals surface area contributed by atoms with Gasteiger partial charge >= 0.3 is 11.9 Å². The van der Waals surface area contributed by atoms with Crippen molar-refractivity contribution in [3.05, 3.63) is 64.8 Å². The van der Waals surface area contributed by atoms with Crippen LogP contribution in [-0.2, 0) is 25.6 Å². The van der Waals surface area contributed by atoms with E-state index in [1.807, 2.05) is 0 Å². The summed E-state index contributed by atoms with van der Waals surface area (Å²) in [6.07, 6.45) is 1.53. The van der Waals surface area contributed by atoms with E-state index in [4.69, 9.17) is 21.1 Å². The molecule has 2 aromatic carbocycles. The van der Waals surface area contributed by atoms with Gasteiger partial charge in [0, 0.05) is 27.8 Å². The third-order valence-electron chi connectivity index (χ3n) is 4.40. The van der Waals surface area contributed by atoms with Gasteiger partial charge in [0.25, 0.3) is 5.91 Å². The number of hydrogen-bond acceptors (Lipinski definition) is 5. The molecule has 3 aromatic rings. The summed E-state index contributed by atoms with van der Waals surface area (Å²) in [7, 11) is 1.29. The van der Waals surface area contributed by atoms with Crippen molar-refractivity contribution in [2.45, 2.75) is 13.5 Å². The highest BCUT2D eigenvalue weighted by atomic mass is 35.5. The number of amides is 1. The molecule has 0 aliphatic carbocycles. The van der Waals surface area contributed by atoms with Crippen molar-refractivity contribution in [3.63, 3.8) is 0 Å². The summed E-state index contributed by atoms with van der Waals surface area (Å²) in [4.78, 5) is 36.3. The molecule has 29 heavy (non-hydrogen) atoms. The van der Waals surface area contributed by atoms with Crippen LogP contribution in [0.3, 0.4) is 0 Å². The standard InChI is InChI=1S/C21H19ClN2O5/c1-13-16(22)7-5-8-17(13)23-19(25)12-29-20(26)11-24-10-15(21(27)28-2)14-6-3-4-9-18(14)24/h3-10H,11-12H2,1-2H3,(H,23,25). The van der Waals surface area contributed by atoms with Gasteiger partial charge < -0.3 is 19.4 Å². The molecule has 0 aliphatic heterocycles. The molecule has 0 unspecified atom stereocenters. The van der Waals surface area contributed by atoms with Crippen molar-refractivity contribution in [2.24, 2.45) is 0 Å². The molecule has 0 atom stereocenters. The molecule has 0 spiro atoms. The quantitative estimate of drug-likeness (QED) is 0.623. The minimum absolute atomic E-state index is 0.152. The average Bonchev–Trinajstić information content (AvgIpc) is 3.08. The highest BCUT2D eigenvalue weighted by Crippen LogP contribution is 2.23. The third-order valence-corrected chi connectivity index (χ3v) is 4.81. The van der Waals surface area contributed by atoms with Crippen LogP contribution < -0.4 is 5.32 Å². The molecule has 3 rings (SSSR count). The Labute approximate surface area is 172 Å². The van der Waals surface area contributed by atoms with Crippen LogP contribution in [0.2, 0.25) is 5.02 Å². The van der Waals surface area contributed by atoms with Crippen LogP contribution >= 0.6 is 11.6 Å². The first-order chi connectivity index (χ1) is 13.9. The van der Waals surface area contributed by atoms with E-state index >= 15 is 0 Å². The van der Waals surface area contributed by atoms with Crippen molar-refractivity contribution >= 4 is 46.0 Å². The highest BCUT2D eigenvalue weighted by molar-refractivity contribution is 6.31. The highest BCUT2D eigenvalue weighted by Gasteiger charge is 2.17. The number of esters is 2. The molecule has 0 bridgehead atoms. The molecular formula is C21H19ClN2O5. The summed E-state index contributed by atoms with van der Waals surface area (Å²) in [5.74, 6) is -1.58. The molecule has 8 heteroatoms. The second-order valence-corrected chi connectivity index (χ2v) is 6.71. The summed E-state index contributed by atoms with van der Waals surface area (Å²) >= 11 is 6.03. The maximum absolute atomic E-state index is 12.2. The molecule has 7 nitrogen and oxygen atoms in total. The lowest BCUT2D eigenvalue weighted by Gasteiger charge is -2.10. The lowest BCUT2D eigenvalue weighted by atomic mass is 10.2. The Hall–Kier alpha value is -3.32. The number of fused-ring (bicyclic) bond motifs is 1. The molecule has 1 heterocycles. The van der Waals surface area contributed by atoms with Crippen molar-refractivity contribution < 1.29 is 23.9 Å². The lowest BCUT2D eigenvalue weighted by Crippen LogP contribution is -2.23. The van der Waals surface area contributed by atoms with Crippen LogP contribution in [0.15, 0.2) is 48.7 Å². The van der Waals surface area contributed by atoms with Gasteiger partial charge in [-0.2, -0.15) is 0 Å². The second-order valence-electron chi connectivity index (χ2n) is 6.30. The van der Waals surface area contributed by atoms with E-state index in [1.165, 1.54) is 13.3 Å². The predicted molar refractivity (Wildman–Crippen MR) is 109 cm³/mol. The minimum atomic E-state index is -0.611. The van der Waals surface area contributed by atoms with Gasteiger partial charge in [-0.05, 0) is 30.7 Å². The van der Waals surface area contributed by atoms with E-state index < -0.39 is 24.5 Å². The molecule has 150 valence electrons. The van der Waals surface area contributed by atoms with Crippen LogP contribution in [-0.4, -0.2) is 36.1 Å². The van der Waals surface area contributed by atoms with Gasteiger partial charge in [-0.3, -0.25) is 9.59 Å². The SMILES string of the molecule is COC(=O)c1cn(CC(=O)OCC(=O)Nc2cccc(Cl)c2C)c2ccccc12. The molecule has 0 fully saturated rings. The number of rotatable bonds is 6. The Bertz CT molecular complexity index is 1090. The van der Waals surface area contributed by atoms with Crippen LogP contribution in [0.5, 0.6) is 0 Å². The number of carbonyl (C=O) groups is 3. The number of methoxy groups -OCH3 is 1. The number of carbonyl (C=O) groups excluding carboxylic acids is 3. The maximum Gasteiger partial charge on any atom is 0.340 e. The lowest BCUT2D eigenvalue weighted by molar-refractivity contribution is -0.147. The number of nitrogens with one attached hydrogen (secondary N) is 1. The number of para-hydroxylation sites is 1. The third kappa shape index (κ3) is 4.57. The van der Waals surface area contributed by atoms with Gasteiger partial charge in [0.05, 0.1) is 12.7 Å². The van der Waals surface area contributed by atoms with E-state index in [9.17, 15) is 14.4 Å². The van der Waals surface area contributed by atoms with Crippen molar-refractivity contribution in [2.75, 3.05) is 19.0 Å². The molecule has 0 radical (unpaired) electrons. The topological polar surface area (TPSA) is 86.6 Å². The van der Waals surface area contributed by atoms with Crippen LogP contribution in [0.1, 0.15) is 15.9 Å². The number of ether oxygens (including phenoxy) is 2. The molecule has 1 amide bonds. The zero-order valence-electron chi connectivity index (χ0n) is 15.9. The van der Waals surface area contributed by atoms with Gasteiger partial charge in [-0.15, -0.1) is 0 Å². The number of nitrogens with zero attached hydrogens (tertiary/aromatic N) is 1. The number of aromatic nitrogens is 1. The maximum atomic E-state index is 12.2. The Morgan fingerprint density at radius 3 is 2.62 bits per heavy atom. The Morgan fingerprint density at radius 1 is 1.10 bits per heavy atom. The first kappa shape index (κ1) is 20.4. The normalized spacial score (nSPS) is 10.6.